The van der Waals surface area contributed by atoms with Crippen LogP contribution in [0.2, 0.25) is 0 Å². The predicted molar refractivity (Wildman–Crippen MR) is 97.5 cm³/mol. The van der Waals surface area contributed by atoms with E-state index in [9.17, 15) is 19.5 Å². The van der Waals surface area contributed by atoms with E-state index in [1.807, 2.05) is 0 Å². The number of likely N-dealkylation sites (tertiary alicyclic amines) is 1. The molecule has 7 nitrogen and oxygen atoms in total. The molecule has 1 aliphatic rings. The molecular formula is C18H23NO6S. The van der Waals surface area contributed by atoms with Gasteiger partial charge in [-0.3, -0.25) is 9.59 Å². The average Bonchev–Trinajstić information content (AvgIpc) is 3.04. The second kappa shape index (κ2) is 8.44. The molecule has 0 spiro atoms. The Morgan fingerprint density at radius 1 is 1.19 bits per heavy atom. The van der Waals surface area contributed by atoms with Crippen molar-refractivity contribution in [3.05, 3.63) is 23.8 Å². The molecule has 3 atom stereocenters. The highest BCUT2D eigenvalue weighted by molar-refractivity contribution is 8.14. The Balaban J connectivity index is 2.38. The van der Waals surface area contributed by atoms with Crippen LogP contribution in [-0.2, 0) is 14.4 Å². The number of carbonyl (C=O) groups is 3. The van der Waals surface area contributed by atoms with Crippen molar-refractivity contribution in [1.82, 2.24) is 4.90 Å². The standard InChI is InChI=1S/C18H23NO6S/c1-10(26-11(2)20)17(21)19-13(6-7-14(19)18(22)23)12-5-8-15(24-3)16(9-12)25-4/h5,8-10,13-14H,6-7H2,1-4H3,(H,22,23). The number of hydrogen-bond donors (Lipinski definition) is 1. The first kappa shape index (κ1) is 20.1. The monoisotopic (exact) mass is 381 g/mol. The molecule has 1 aromatic rings. The van der Waals surface area contributed by atoms with Crippen LogP contribution in [0.15, 0.2) is 18.2 Å². The number of ether oxygens (including phenoxy) is 2. The van der Waals surface area contributed by atoms with Gasteiger partial charge in [-0.1, -0.05) is 17.8 Å². The third kappa shape index (κ3) is 4.12. The van der Waals surface area contributed by atoms with Crippen molar-refractivity contribution in [2.45, 2.75) is 44.0 Å². The molecule has 1 amide bonds. The van der Waals surface area contributed by atoms with Crippen LogP contribution in [0.5, 0.6) is 11.5 Å². The van der Waals surface area contributed by atoms with Crippen LogP contribution in [0.3, 0.4) is 0 Å². The third-order valence-electron chi connectivity index (χ3n) is 4.41. The lowest BCUT2D eigenvalue weighted by atomic mass is 10.0. The Morgan fingerprint density at radius 3 is 2.38 bits per heavy atom. The van der Waals surface area contributed by atoms with E-state index in [1.165, 1.54) is 26.0 Å². The molecule has 1 heterocycles. The van der Waals surface area contributed by atoms with E-state index in [2.05, 4.69) is 0 Å². The van der Waals surface area contributed by atoms with Crippen LogP contribution in [-0.4, -0.2) is 52.5 Å². The largest absolute Gasteiger partial charge is 0.493 e. The summed E-state index contributed by atoms with van der Waals surface area (Å²) in [4.78, 5) is 37.3. The van der Waals surface area contributed by atoms with Gasteiger partial charge in [0.1, 0.15) is 6.04 Å². The van der Waals surface area contributed by atoms with Crippen molar-refractivity contribution in [3.63, 3.8) is 0 Å². The summed E-state index contributed by atoms with van der Waals surface area (Å²) in [7, 11) is 3.05. The highest BCUT2D eigenvalue weighted by Gasteiger charge is 2.43. The van der Waals surface area contributed by atoms with Gasteiger partial charge in [-0.2, -0.15) is 0 Å². The Bertz CT molecular complexity index is 707. The SMILES string of the molecule is COc1ccc(C2CCC(C(=O)O)N2C(=O)C(C)SC(C)=O)cc1OC. The first-order chi connectivity index (χ1) is 12.3. The zero-order valence-electron chi connectivity index (χ0n) is 15.2. The molecule has 0 aliphatic carbocycles. The van der Waals surface area contributed by atoms with E-state index < -0.39 is 23.3 Å². The number of benzene rings is 1. The minimum atomic E-state index is -1.04. The predicted octanol–water partition coefficient (Wildman–Crippen LogP) is 2.49. The maximum atomic E-state index is 12.9. The van der Waals surface area contributed by atoms with Crippen LogP contribution in [0.4, 0.5) is 0 Å². The molecular weight excluding hydrogens is 358 g/mol. The second-order valence-electron chi connectivity index (χ2n) is 6.06. The van der Waals surface area contributed by atoms with Gasteiger partial charge in [-0.05, 0) is 37.5 Å². The molecule has 1 aromatic carbocycles. The molecule has 1 saturated heterocycles. The number of carboxylic acid groups (broad SMARTS) is 1. The van der Waals surface area contributed by atoms with Gasteiger partial charge in [0.25, 0.3) is 0 Å². The van der Waals surface area contributed by atoms with Gasteiger partial charge >= 0.3 is 5.97 Å². The van der Waals surface area contributed by atoms with Crippen LogP contribution in [0.1, 0.15) is 38.3 Å². The van der Waals surface area contributed by atoms with Gasteiger partial charge in [0, 0.05) is 6.92 Å². The van der Waals surface area contributed by atoms with Crippen molar-refractivity contribution in [2.75, 3.05) is 14.2 Å². The highest BCUT2D eigenvalue weighted by Crippen LogP contribution is 2.40. The summed E-state index contributed by atoms with van der Waals surface area (Å²) >= 11 is 0.906. The van der Waals surface area contributed by atoms with Crippen LogP contribution in [0.25, 0.3) is 0 Å². The topological polar surface area (TPSA) is 93.1 Å². The summed E-state index contributed by atoms with van der Waals surface area (Å²) in [6.45, 7) is 3.01. The Hall–Kier alpha value is -2.22. The van der Waals surface area contributed by atoms with Crippen molar-refractivity contribution in [1.29, 1.82) is 0 Å². The van der Waals surface area contributed by atoms with E-state index in [0.29, 0.717) is 24.3 Å². The molecule has 8 heteroatoms. The smallest absolute Gasteiger partial charge is 0.326 e. The first-order valence-corrected chi connectivity index (χ1v) is 9.12. The maximum Gasteiger partial charge on any atom is 0.326 e. The lowest BCUT2D eigenvalue weighted by Gasteiger charge is -2.31. The molecule has 2 rings (SSSR count). The van der Waals surface area contributed by atoms with Crippen LogP contribution >= 0.6 is 11.8 Å². The molecule has 1 aliphatic heterocycles. The summed E-state index contributed by atoms with van der Waals surface area (Å²) in [5, 5.41) is 8.71. The van der Waals surface area contributed by atoms with Gasteiger partial charge < -0.3 is 19.5 Å². The van der Waals surface area contributed by atoms with Crippen molar-refractivity contribution in [3.8, 4) is 11.5 Å². The fourth-order valence-electron chi connectivity index (χ4n) is 3.26. The van der Waals surface area contributed by atoms with E-state index in [-0.39, 0.29) is 11.0 Å². The number of thioether (sulfide) groups is 1. The van der Waals surface area contributed by atoms with Gasteiger partial charge in [0.15, 0.2) is 16.6 Å². The van der Waals surface area contributed by atoms with Crippen molar-refractivity contribution >= 4 is 28.8 Å². The molecule has 3 unspecified atom stereocenters. The third-order valence-corrected chi connectivity index (χ3v) is 5.29. The van der Waals surface area contributed by atoms with Gasteiger partial charge in [0.2, 0.25) is 5.91 Å². The number of methoxy groups -OCH3 is 2. The number of amides is 1. The fraction of sp³-hybridized carbons (Fsp3) is 0.500. The van der Waals surface area contributed by atoms with Crippen molar-refractivity contribution < 1.29 is 29.0 Å². The zero-order chi connectivity index (χ0) is 19.4. The number of aliphatic carboxylic acids is 1. The van der Waals surface area contributed by atoms with E-state index in [1.54, 1.807) is 25.1 Å². The molecule has 0 saturated carbocycles. The fourth-order valence-corrected chi connectivity index (χ4v) is 3.98. The molecule has 0 aromatic heterocycles. The highest BCUT2D eigenvalue weighted by atomic mass is 32.2. The lowest BCUT2D eigenvalue weighted by Crippen LogP contribution is -2.45. The molecule has 1 N–H and O–H groups in total. The Morgan fingerprint density at radius 2 is 1.85 bits per heavy atom. The Labute approximate surface area is 156 Å². The van der Waals surface area contributed by atoms with Crippen LogP contribution < -0.4 is 9.47 Å². The van der Waals surface area contributed by atoms with E-state index >= 15 is 0 Å². The summed E-state index contributed by atoms with van der Waals surface area (Å²) in [6.07, 6.45) is 0.882. The number of rotatable bonds is 6. The summed E-state index contributed by atoms with van der Waals surface area (Å²) in [5.74, 6) is -0.319. The average molecular weight is 381 g/mol. The minimum absolute atomic E-state index is 0.181. The number of carboxylic acids is 1. The van der Waals surface area contributed by atoms with Gasteiger partial charge in [-0.15, -0.1) is 0 Å². The lowest BCUT2D eigenvalue weighted by molar-refractivity contribution is -0.149. The molecule has 0 radical (unpaired) electrons. The molecule has 26 heavy (non-hydrogen) atoms. The van der Waals surface area contributed by atoms with E-state index in [4.69, 9.17) is 9.47 Å². The van der Waals surface area contributed by atoms with Crippen LogP contribution in [0, 0.1) is 0 Å². The quantitative estimate of drug-likeness (QED) is 0.809. The molecule has 142 valence electrons. The number of carbonyl (C=O) groups excluding carboxylic acids is 2. The Kier molecular flexibility index (Phi) is 6.52. The second-order valence-corrected chi connectivity index (χ2v) is 7.58. The molecule has 0 bridgehead atoms. The summed E-state index contributed by atoms with van der Waals surface area (Å²) in [5.41, 5.74) is 0.778. The first-order valence-electron chi connectivity index (χ1n) is 8.24. The normalized spacial score (nSPS) is 20.5. The van der Waals surface area contributed by atoms with Gasteiger partial charge in [0.05, 0.1) is 25.5 Å². The zero-order valence-corrected chi connectivity index (χ0v) is 16.0. The maximum absolute atomic E-state index is 12.9. The van der Waals surface area contributed by atoms with Crippen molar-refractivity contribution in [2.24, 2.45) is 0 Å². The minimum Gasteiger partial charge on any atom is -0.493 e. The molecule has 1 fully saturated rings. The summed E-state index contributed by atoms with van der Waals surface area (Å²) < 4.78 is 10.5. The number of hydrogen-bond acceptors (Lipinski definition) is 6. The number of nitrogens with zero attached hydrogens (tertiary/aromatic N) is 1. The van der Waals surface area contributed by atoms with Gasteiger partial charge in [-0.25, -0.2) is 4.79 Å². The summed E-state index contributed by atoms with van der Waals surface area (Å²) in [6, 6.07) is 4.00. The van der Waals surface area contributed by atoms with E-state index in [0.717, 1.165) is 17.3 Å².